The van der Waals surface area contributed by atoms with E-state index in [1.807, 2.05) is 6.07 Å². The molecule has 2 nitrogen and oxygen atoms in total. The normalized spacial score (nSPS) is 22.5. The van der Waals surface area contributed by atoms with Crippen LogP contribution >= 0.6 is 0 Å². The molecule has 0 fully saturated rings. The topological polar surface area (TPSA) is 29.5 Å². The Bertz CT molecular complexity index is 444. The minimum atomic E-state index is -0.110. The van der Waals surface area contributed by atoms with Crippen molar-refractivity contribution in [3.63, 3.8) is 0 Å². The fourth-order valence-electron chi connectivity index (χ4n) is 2.14. The number of rotatable bonds is 2. The van der Waals surface area contributed by atoms with Gasteiger partial charge in [-0.3, -0.25) is 0 Å². The number of aromatic hydroxyl groups is 1. The van der Waals surface area contributed by atoms with Crippen molar-refractivity contribution in [2.45, 2.75) is 45.6 Å². The highest BCUT2D eigenvalue weighted by Crippen LogP contribution is 2.36. The number of allylic oxidation sites excluding steroid dienone is 1. The smallest absolute Gasteiger partial charge is 0.123 e. The lowest BCUT2D eigenvalue weighted by molar-refractivity contribution is 0.0678. The molecule has 0 aromatic heterocycles. The summed E-state index contributed by atoms with van der Waals surface area (Å²) in [6, 6.07) is 5.35. The van der Waals surface area contributed by atoms with Crippen molar-refractivity contribution in [2.75, 3.05) is 0 Å². The van der Waals surface area contributed by atoms with E-state index < -0.39 is 0 Å². The molecule has 2 rings (SSSR count). The van der Waals surface area contributed by atoms with Gasteiger partial charge in [-0.05, 0) is 57.4 Å². The van der Waals surface area contributed by atoms with Crippen LogP contribution in [0.25, 0.3) is 0 Å². The summed E-state index contributed by atoms with van der Waals surface area (Å²) in [5.41, 5.74) is 2.33. The first-order chi connectivity index (χ1) is 7.98. The fraction of sp³-hybridized carbons (Fsp3) is 0.467. The zero-order valence-electron chi connectivity index (χ0n) is 10.8. The number of hydrogen-bond acceptors (Lipinski definition) is 2. The highest BCUT2D eigenvalue weighted by Gasteiger charge is 2.30. The van der Waals surface area contributed by atoms with Gasteiger partial charge in [-0.1, -0.05) is 11.6 Å². The first-order valence-electron chi connectivity index (χ1n) is 6.13. The predicted octanol–water partition coefficient (Wildman–Crippen LogP) is 3.83. The first kappa shape index (κ1) is 12.0. The lowest BCUT2D eigenvalue weighted by Gasteiger charge is -2.35. The van der Waals surface area contributed by atoms with Crippen molar-refractivity contribution in [1.82, 2.24) is 0 Å². The van der Waals surface area contributed by atoms with Gasteiger partial charge in [0.2, 0.25) is 0 Å². The number of phenols is 1. The summed E-state index contributed by atoms with van der Waals surface area (Å²) in [6.07, 6.45) is 5.13. The molecular formula is C15H20O2. The predicted molar refractivity (Wildman–Crippen MR) is 69.5 cm³/mol. The van der Waals surface area contributed by atoms with Crippen LogP contribution in [-0.4, -0.2) is 10.7 Å². The molecule has 1 aromatic carbocycles. The second-order valence-corrected chi connectivity index (χ2v) is 5.33. The molecule has 1 N–H and O–H groups in total. The molecule has 1 aliphatic heterocycles. The zero-order valence-corrected chi connectivity index (χ0v) is 10.8. The van der Waals surface area contributed by atoms with E-state index in [0.29, 0.717) is 5.75 Å². The van der Waals surface area contributed by atoms with E-state index in [1.165, 1.54) is 5.57 Å². The zero-order chi connectivity index (χ0) is 12.5. The van der Waals surface area contributed by atoms with Crippen LogP contribution in [0, 0.1) is 0 Å². The summed E-state index contributed by atoms with van der Waals surface area (Å²) < 4.78 is 6.07. The maximum atomic E-state index is 9.43. The molecule has 1 unspecified atom stereocenters. The number of ether oxygens (including phenoxy) is 1. The van der Waals surface area contributed by atoms with E-state index in [9.17, 15) is 5.11 Å². The molecule has 92 valence electrons. The molecule has 1 aliphatic rings. The lowest BCUT2D eigenvalue weighted by atomic mass is 9.89. The minimum Gasteiger partial charge on any atom is -0.508 e. The van der Waals surface area contributed by atoms with Crippen LogP contribution in [-0.2, 0) is 6.42 Å². The number of benzene rings is 1. The molecule has 0 saturated carbocycles. The Morgan fingerprint density at radius 3 is 2.94 bits per heavy atom. The van der Waals surface area contributed by atoms with Crippen molar-refractivity contribution in [3.8, 4) is 11.5 Å². The third-order valence-electron chi connectivity index (χ3n) is 3.27. The molecule has 0 saturated heterocycles. The van der Waals surface area contributed by atoms with Gasteiger partial charge in [0, 0.05) is 6.42 Å². The summed E-state index contributed by atoms with van der Waals surface area (Å²) in [4.78, 5) is 0. The van der Waals surface area contributed by atoms with Gasteiger partial charge in [0.15, 0.2) is 0 Å². The van der Waals surface area contributed by atoms with Gasteiger partial charge in [-0.2, -0.15) is 0 Å². The second kappa shape index (κ2) is 4.44. The fourth-order valence-corrected chi connectivity index (χ4v) is 2.14. The average molecular weight is 232 g/mol. The molecule has 1 aromatic rings. The molecule has 17 heavy (non-hydrogen) atoms. The molecule has 1 atom stereocenters. The maximum Gasteiger partial charge on any atom is 0.123 e. The van der Waals surface area contributed by atoms with Gasteiger partial charge in [0.05, 0.1) is 0 Å². The van der Waals surface area contributed by atoms with Crippen molar-refractivity contribution in [1.29, 1.82) is 0 Å². The number of aryl methyl sites for hydroxylation is 1. The van der Waals surface area contributed by atoms with Crippen LogP contribution in [0.4, 0.5) is 0 Å². The summed E-state index contributed by atoms with van der Waals surface area (Å²) in [5.74, 6) is 1.24. The van der Waals surface area contributed by atoms with Gasteiger partial charge >= 0.3 is 0 Å². The highest BCUT2D eigenvalue weighted by molar-refractivity contribution is 5.41. The lowest BCUT2D eigenvalue weighted by Crippen LogP contribution is -2.35. The van der Waals surface area contributed by atoms with Gasteiger partial charge < -0.3 is 9.84 Å². The molecule has 1 heterocycles. The van der Waals surface area contributed by atoms with Crippen LogP contribution in [0.2, 0.25) is 0 Å². The van der Waals surface area contributed by atoms with E-state index in [1.54, 1.807) is 12.1 Å². The summed E-state index contributed by atoms with van der Waals surface area (Å²) in [6.45, 7) is 6.37. The number of phenolic OH excluding ortho intramolecular Hbond substituents is 1. The summed E-state index contributed by atoms with van der Waals surface area (Å²) in [5, 5.41) is 9.43. The van der Waals surface area contributed by atoms with E-state index in [2.05, 4.69) is 26.8 Å². The maximum absolute atomic E-state index is 9.43. The van der Waals surface area contributed by atoms with Gasteiger partial charge in [0.1, 0.15) is 17.1 Å². The van der Waals surface area contributed by atoms with Crippen LogP contribution in [0.1, 0.15) is 39.2 Å². The molecule has 0 spiro atoms. The van der Waals surface area contributed by atoms with Crippen molar-refractivity contribution in [2.24, 2.45) is 0 Å². The monoisotopic (exact) mass is 232 g/mol. The molecule has 2 heteroatoms. The van der Waals surface area contributed by atoms with Gasteiger partial charge in [-0.15, -0.1) is 0 Å². The van der Waals surface area contributed by atoms with Crippen molar-refractivity contribution >= 4 is 0 Å². The highest BCUT2D eigenvalue weighted by atomic mass is 16.5. The van der Waals surface area contributed by atoms with E-state index in [-0.39, 0.29) is 5.60 Å². The van der Waals surface area contributed by atoms with Crippen LogP contribution in [0.3, 0.4) is 0 Å². The van der Waals surface area contributed by atoms with E-state index in [0.717, 1.165) is 30.6 Å². The third kappa shape index (κ3) is 2.82. The van der Waals surface area contributed by atoms with E-state index in [4.69, 9.17) is 4.74 Å². The quantitative estimate of drug-likeness (QED) is 0.785. The Morgan fingerprint density at radius 1 is 1.47 bits per heavy atom. The van der Waals surface area contributed by atoms with Gasteiger partial charge in [0.25, 0.3) is 0 Å². The Hall–Kier alpha value is -1.44. The Labute approximate surface area is 103 Å². The first-order valence-corrected chi connectivity index (χ1v) is 6.13. The Morgan fingerprint density at radius 2 is 2.24 bits per heavy atom. The number of hydrogen-bond donors (Lipinski definition) is 1. The van der Waals surface area contributed by atoms with Crippen LogP contribution in [0.15, 0.2) is 29.8 Å². The van der Waals surface area contributed by atoms with Crippen molar-refractivity contribution < 1.29 is 9.84 Å². The Kier molecular flexibility index (Phi) is 3.14. The van der Waals surface area contributed by atoms with Crippen LogP contribution < -0.4 is 4.74 Å². The molecule has 0 amide bonds. The average Bonchev–Trinajstić information content (AvgIpc) is 2.27. The molecule has 0 bridgehead atoms. The second-order valence-electron chi connectivity index (χ2n) is 5.33. The Balaban J connectivity index is 2.17. The summed E-state index contributed by atoms with van der Waals surface area (Å²) >= 11 is 0. The molecular weight excluding hydrogens is 212 g/mol. The van der Waals surface area contributed by atoms with Gasteiger partial charge in [-0.25, -0.2) is 0 Å². The summed E-state index contributed by atoms with van der Waals surface area (Å²) in [7, 11) is 0. The van der Waals surface area contributed by atoms with Crippen LogP contribution in [0.5, 0.6) is 11.5 Å². The SMILES string of the molecule is CC(C)=CCC1(C)CCc2cc(O)ccc2O1. The largest absolute Gasteiger partial charge is 0.508 e. The minimum absolute atomic E-state index is 0.110. The standard InChI is InChI=1S/C15H20O2/c1-11(2)6-8-15(3)9-7-12-10-13(16)4-5-14(12)17-15/h4-6,10,16H,7-9H2,1-3H3. The van der Waals surface area contributed by atoms with E-state index >= 15 is 0 Å². The van der Waals surface area contributed by atoms with Crippen molar-refractivity contribution in [3.05, 3.63) is 35.4 Å². The number of fused-ring (bicyclic) bond motifs is 1. The third-order valence-corrected chi connectivity index (χ3v) is 3.27. The molecule has 0 aliphatic carbocycles. The molecule has 0 radical (unpaired) electrons.